The van der Waals surface area contributed by atoms with Gasteiger partial charge in [0.1, 0.15) is 0 Å². The van der Waals surface area contributed by atoms with E-state index in [-0.39, 0.29) is 30.1 Å². The zero-order chi connectivity index (χ0) is 21.0. The minimum absolute atomic E-state index is 0.0128. The summed E-state index contributed by atoms with van der Waals surface area (Å²) < 4.78 is 5.70. The molecule has 1 amide bonds. The van der Waals surface area contributed by atoms with Crippen LogP contribution in [0, 0.1) is 17.0 Å². The predicted octanol–water partition coefficient (Wildman–Crippen LogP) is 3.58. The van der Waals surface area contributed by atoms with Gasteiger partial charge in [-0.3, -0.25) is 19.8 Å². The summed E-state index contributed by atoms with van der Waals surface area (Å²) in [5.74, 6) is 0.460. The molecule has 150 valence electrons. The monoisotopic (exact) mass is 395 g/mol. The molecule has 0 saturated carbocycles. The number of carbonyl (C=O) groups excluding carboxylic acids is 1. The fourth-order valence-electron chi connectivity index (χ4n) is 2.64. The van der Waals surface area contributed by atoms with Gasteiger partial charge in [-0.15, -0.1) is 10.2 Å². The summed E-state index contributed by atoms with van der Waals surface area (Å²) in [4.78, 5) is 24.4. The smallest absolute Gasteiger partial charge is 0.269 e. The van der Waals surface area contributed by atoms with Gasteiger partial charge in [0.25, 0.3) is 5.69 Å². The average molecular weight is 395 g/mol. The van der Waals surface area contributed by atoms with Gasteiger partial charge in [0.05, 0.1) is 17.5 Å². The van der Waals surface area contributed by atoms with E-state index < -0.39 is 4.92 Å². The summed E-state index contributed by atoms with van der Waals surface area (Å²) in [7, 11) is 1.79. The number of hydrogen-bond donors (Lipinski definition) is 1. The molecular weight excluding hydrogens is 374 g/mol. The van der Waals surface area contributed by atoms with Crippen LogP contribution in [0.25, 0.3) is 11.5 Å². The Labute approximate surface area is 167 Å². The molecule has 1 N–H and O–H groups in total. The topological polar surface area (TPSA) is 114 Å². The second kappa shape index (κ2) is 8.61. The Balaban J connectivity index is 1.62. The number of aromatic nitrogens is 2. The first-order valence-corrected chi connectivity index (χ1v) is 8.98. The molecule has 1 atom stereocenters. The number of amides is 1. The quantitative estimate of drug-likeness (QED) is 0.480. The van der Waals surface area contributed by atoms with Crippen molar-refractivity contribution in [2.24, 2.45) is 0 Å². The van der Waals surface area contributed by atoms with E-state index >= 15 is 0 Å². The maximum Gasteiger partial charge on any atom is 0.269 e. The van der Waals surface area contributed by atoms with Crippen LogP contribution in [0.4, 0.5) is 11.4 Å². The van der Waals surface area contributed by atoms with Crippen LogP contribution in [0.3, 0.4) is 0 Å². The fourth-order valence-corrected chi connectivity index (χ4v) is 2.64. The number of nitro benzene ring substituents is 1. The molecule has 0 radical (unpaired) electrons. The standard InChI is InChI=1S/C20H21N5O4/c1-13-4-8-16(9-5-13)21-18(26)12-24(3)14(2)19-22-23-20(29-19)15-6-10-17(11-7-15)25(27)28/h4-11,14H,12H2,1-3H3,(H,21,26). The second-order valence-corrected chi connectivity index (χ2v) is 6.75. The molecule has 0 spiro atoms. The summed E-state index contributed by atoms with van der Waals surface area (Å²) in [6, 6.07) is 13.1. The summed E-state index contributed by atoms with van der Waals surface area (Å²) >= 11 is 0. The molecule has 9 heteroatoms. The van der Waals surface area contributed by atoms with Gasteiger partial charge in [0.2, 0.25) is 17.7 Å². The van der Waals surface area contributed by atoms with Crippen LogP contribution in [0.5, 0.6) is 0 Å². The normalized spacial score (nSPS) is 12.0. The molecule has 1 unspecified atom stereocenters. The van der Waals surface area contributed by atoms with Gasteiger partial charge in [0.15, 0.2) is 0 Å². The van der Waals surface area contributed by atoms with E-state index in [0.29, 0.717) is 11.5 Å². The highest BCUT2D eigenvalue weighted by atomic mass is 16.6. The molecular formula is C20H21N5O4. The number of nitro groups is 1. The fraction of sp³-hybridized carbons (Fsp3) is 0.250. The van der Waals surface area contributed by atoms with Crippen LogP contribution < -0.4 is 5.32 Å². The highest BCUT2D eigenvalue weighted by Crippen LogP contribution is 2.24. The van der Waals surface area contributed by atoms with Crippen LogP contribution in [0.1, 0.15) is 24.4 Å². The summed E-state index contributed by atoms with van der Waals surface area (Å²) in [6.07, 6.45) is 0. The van der Waals surface area contributed by atoms with Crippen LogP contribution in [-0.2, 0) is 4.79 Å². The zero-order valence-electron chi connectivity index (χ0n) is 16.3. The van der Waals surface area contributed by atoms with Crippen molar-refractivity contribution in [1.82, 2.24) is 15.1 Å². The van der Waals surface area contributed by atoms with E-state index in [2.05, 4.69) is 15.5 Å². The molecule has 0 aliphatic rings. The maximum atomic E-state index is 12.3. The molecule has 3 rings (SSSR count). The number of benzene rings is 2. The van der Waals surface area contributed by atoms with Gasteiger partial charge >= 0.3 is 0 Å². The highest BCUT2D eigenvalue weighted by Gasteiger charge is 2.21. The van der Waals surface area contributed by atoms with Crippen molar-refractivity contribution in [1.29, 1.82) is 0 Å². The first-order valence-electron chi connectivity index (χ1n) is 8.98. The van der Waals surface area contributed by atoms with Crippen molar-refractivity contribution in [3.8, 4) is 11.5 Å². The van der Waals surface area contributed by atoms with Crippen LogP contribution in [0.2, 0.25) is 0 Å². The van der Waals surface area contributed by atoms with E-state index in [1.165, 1.54) is 12.1 Å². The van der Waals surface area contributed by atoms with Crippen molar-refractivity contribution in [3.05, 3.63) is 70.1 Å². The number of nitrogens with one attached hydrogen (secondary N) is 1. The molecule has 2 aromatic carbocycles. The van der Waals surface area contributed by atoms with E-state index in [1.54, 1.807) is 24.1 Å². The second-order valence-electron chi connectivity index (χ2n) is 6.75. The number of rotatable bonds is 7. The van der Waals surface area contributed by atoms with Gasteiger partial charge in [0, 0.05) is 23.4 Å². The van der Waals surface area contributed by atoms with E-state index in [0.717, 1.165) is 11.3 Å². The van der Waals surface area contributed by atoms with Gasteiger partial charge in [-0.1, -0.05) is 17.7 Å². The summed E-state index contributed by atoms with van der Waals surface area (Å²) in [5.41, 5.74) is 2.43. The van der Waals surface area contributed by atoms with E-state index in [9.17, 15) is 14.9 Å². The molecule has 0 bridgehead atoms. The van der Waals surface area contributed by atoms with Crippen LogP contribution in [-0.4, -0.2) is 39.5 Å². The number of non-ortho nitro benzene ring substituents is 1. The van der Waals surface area contributed by atoms with Crippen LogP contribution in [0.15, 0.2) is 52.9 Å². The van der Waals surface area contributed by atoms with Gasteiger partial charge in [-0.05, 0) is 45.2 Å². The minimum Gasteiger partial charge on any atom is -0.419 e. The molecule has 0 aliphatic heterocycles. The third-order valence-electron chi connectivity index (χ3n) is 4.51. The minimum atomic E-state index is -0.471. The van der Waals surface area contributed by atoms with Crippen molar-refractivity contribution in [2.75, 3.05) is 18.9 Å². The van der Waals surface area contributed by atoms with Crippen LogP contribution >= 0.6 is 0 Å². The Kier molecular flexibility index (Phi) is 5.99. The SMILES string of the molecule is Cc1ccc(NC(=O)CN(C)C(C)c2nnc(-c3ccc([N+](=O)[O-])cc3)o2)cc1. The Hall–Kier alpha value is -3.59. The predicted molar refractivity (Wildman–Crippen MR) is 107 cm³/mol. The molecule has 3 aromatic rings. The number of likely N-dealkylation sites (N-methyl/N-ethyl adjacent to an activating group) is 1. The number of carbonyl (C=O) groups is 1. The third-order valence-corrected chi connectivity index (χ3v) is 4.51. The third kappa shape index (κ3) is 5.02. The summed E-state index contributed by atoms with van der Waals surface area (Å²) in [5, 5.41) is 21.7. The summed E-state index contributed by atoms with van der Waals surface area (Å²) in [6.45, 7) is 3.98. The maximum absolute atomic E-state index is 12.3. The molecule has 1 heterocycles. The Morgan fingerprint density at radius 1 is 1.17 bits per heavy atom. The van der Waals surface area contributed by atoms with E-state index in [4.69, 9.17) is 4.42 Å². The molecule has 1 aromatic heterocycles. The van der Waals surface area contributed by atoms with Crippen molar-refractivity contribution in [3.63, 3.8) is 0 Å². The average Bonchev–Trinajstić information content (AvgIpc) is 3.19. The highest BCUT2D eigenvalue weighted by molar-refractivity contribution is 5.92. The van der Waals surface area contributed by atoms with Crippen molar-refractivity contribution >= 4 is 17.3 Å². The molecule has 9 nitrogen and oxygen atoms in total. The Morgan fingerprint density at radius 2 is 1.83 bits per heavy atom. The van der Waals surface area contributed by atoms with E-state index in [1.807, 2.05) is 38.1 Å². The number of nitrogens with zero attached hydrogens (tertiary/aromatic N) is 4. The van der Waals surface area contributed by atoms with Gasteiger partial charge in [-0.25, -0.2) is 0 Å². The lowest BCUT2D eigenvalue weighted by molar-refractivity contribution is -0.384. The molecule has 29 heavy (non-hydrogen) atoms. The number of hydrogen-bond acceptors (Lipinski definition) is 7. The first kappa shape index (κ1) is 20.2. The largest absolute Gasteiger partial charge is 0.419 e. The first-order chi connectivity index (χ1) is 13.8. The lowest BCUT2D eigenvalue weighted by atomic mass is 10.2. The number of aryl methyl sites for hydroxylation is 1. The zero-order valence-corrected chi connectivity index (χ0v) is 16.3. The Bertz CT molecular complexity index is 998. The van der Waals surface area contributed by atoms with Crippen molar-refractivity contribution in [2.45, 2.75) is 19.9 Å². The lowest BCUT2D eigenvalue weighted by Crippen LogP contribution is -2.32. The molecule has 0 saturated heterocycles. The molecule has 0 aliphatic carbocycles. The lowest BCUT2D eigenvalue weighted by Gasteiger charge is -2.21. The number of anilines is 1. The van der Waals surface area contributed by atoms with Crippen molar-refractivity contribution < 1.29 is 14.1 Å². The van der Waals surface area contributed by atoms with Gasteiger partial charge in [-0.2, -0.15) is 0 Å². The van der Waals surface area contributed by atoms with Gasteiger partial charge < -0.3 is 9.73 Å². The Morgan fingerprint density at radius 3 is 2.45 bits per heavy atom. The molecule has 0 fully saturated rings.